The Labute approximate surface area is 149 Å². The van der Waals surface area contributed by atoms with E-state index in [0.717, 1.165) is 10.6 Å². The molecule has 128 valence electrons. The number of nitrogens with zero attached hydrogens (tertiary/aromatic N) is 4. The fraction of sp³-hybridized carbons (Fsp3) is 0.222. The number of carbonyl (C=O) groups excluding carboxylic acids is 1. The maximum Gasteiger partial charge on any atom is 0.312 e. The molecule has 2 heterocycles. The minimum atomic E-state index is -0.327. The molecular weight excluding hydrogens is 336 g/mol. The molecule has 0 radical (unpaired) electrons. The molecule has 0 saturated heterocycles. The molecule has 0 atom stereocenters. The second kappa shape index (κ2) is 7.94. The van der Waals surface area contributed by atoms with Gasteiger partial charge in [0.25, 0.3) is 0 Å². The van der Waals surface area contributed by atoms with Gasteiger partial charge in [0.05, 0.1) is 24.4 Å². The van der Waals surface area contributed by atoms with Crippen LogP contribution in [0.25, 0.3) is 5.65 Å². The first-order chi connectivity index (χ1) is 12.2. The minimum Gasteiger partial charge on any atom is -0.466 e. The molecule has 25 heavy (non-hydrogen) atoms. The van der Waals surface area contributed by atoms with E-state index in [9.17, 15) is 4.79 Å². The number of thioether (sulfide) groups is 1. The highest BCUT2D eigenvalue weighted by molar-refractivity contribution is 7.98. The number of imidazole rings is 1. The Balaban J connectivity index is 1.97. The summed E-state index contributed by atoms with van der Waals surface area (Å²) < 4.78 is 6.84. The highest BCUT2D eigenvalue weighted by Gasteiger charge is 2.16. The zero-order chi connectivity index (χ0) is 17.6. The summed E-state index contributed by atoms with van der Waals surface area (Å²) in [6, 6.07) is 13.4. The van der Waals surface area contributed by atoms with Crippen LogP contribution in [0.1, 0.15) is 12.6 Å². The van der Waals surface area contributed by atoms with E-state index in [2.05, 4.69) is 15.2 Å². The van der Waals surface area contributed by atoms with Crippen LogP contribution in [0.3, 0.4) is 0 Å². The summed E-state index contributed by atoms with van der Waals surface area (Å²) in [6.07, 6.45) is 3.93. The predicted molar refractivity (Wildman–Crippen MR) is 97.9 cm³/mol. The predicted octanol–water partition coefficient (Wildman–Crippen LogP) is 4.58. The number of ether oxygens (including phenoxy) is 1. The molecule has 0 N–H and O–H groups in total. The molecule has 0 aliphatic rings. The van der Waals surface area contributed by atoms with Crippen molar-refractivity contribution in [3.8, 4) is 0 Å². The second-order valence-electron chi connectivity index (χ2n) is 5.19. The fourth-order valence-electron chi connectivity index (χ4n) is 2.38. The smallest absolute Gasteiger partial charge is 0.312 e. The molecule has 0 saturated carbocycles. The van der Waals surface area contributed by atoms with E-state index < -0.39 is 0 Å². The summed E-state index contributed by atoms with van der Waals surface area (Å²) in [5.74, 6) is 0.213. The second-order valence-corrected chi connectivity index (χ2v) is 6.07. The molecule has 0 bridgehead atoms. The van der Waals surface area contributed by atoms with E-state index in [-0.39, 0.29) is 12.4 Å². The Kier molecular flexibility index (Phi) is 5.45. The van der Waals surface area contributed by atoms with Gasteiger partial charge >= 0.3 is 5.97 Å². The monoisotopic (exact) mass is 354 g/mol. The Morgan fingerprint density at radius 2 is 2.12 bits per heavy atom. The van der Waals surface area contributed by atoms with Crippen LogP contribution in [-0.2, 0) is 16.0 Å². The van der Waals surface area contributed by atoms with Crippen LogP contribution in [-0.4, -0.2) is 28.2 Å². The number of fused-ring (bicyclic) bond motifs is 1. The lowest BCUT2D eigenvalue weighted by Crippen LogP contribution is -2.07. The fourth-order valence-corrected chi connectivity index (χ4v) is 2.84. The van der Waals surface area contributed by atoms with Gasteiger partial charge in [-0.2, -0.15) is 0 Å². The number of hydrogen-bond donors (Lipinski definition) is 0. The van der Waals surface area contributed by atoms with Crippen molar-refractivity contribution in [3.63, 3.8) is 0 Å². The Morgan fingerprint density at radius 1 is 1.24 bits per heavy atom. The average molecular weight is 354 g/mol. The molecule has 3 rings (SSSR count). The van der Waals surface area contributed by atoms with Gasteiger partial charge in [0.15, 0.2) is 5.82 Å². The van der Waals surface area contributed by atoms with Crippen LogP contribution in [0.4, 0.5) is 11.5 Å². The Morgan fingerprint density at radius 3 is 2.92 bits per heavy atom. The van der Waals surface area contributed by atoms with Gasteiger partial charge in [-0.1, -0.05) is 12.1 Å². The third kappa shape index (κ3) is 4.06. The molecule has 1 aromatic carbocycles. The standard InChI is InChI=1S/C18H18N4O2S/c1-3-24-17(23)12-15-18(22-10-5-4-9-16(22)19-15)21-20-13-7-6-8-14(11-13)25-2/h4-11H,3,12H2,1-2H3. The van der Waals surface area contributed by atoms with Crippen molar-refractivity contribution >= 4 is 34.9 Å². The minimum absolute atomic E-state index is 0.0642. The van der Waals surface area contributed by atoms with E-state index in [4.69, 9.17) is 4.74 Å². The zero-order valence-electron chi connectivity index (χ0n) is 14.0. The van der Waals surface area contributed by atoms with E-state index in [1.807, 2.05) is 59.3 Å². The normalized spacial score (nSPS) is 11.3. The number of benzene rings is 1. The third-order valence-electron chi connectivity index (χ3n) is 3.50. The first-order valence-electron chi connectivity index (χ1n) is 7.88. The molecule has 0 spiro atoms. The summed E-state index contributed by atoms with van der Waals surface area (Å²) in [7, 11) is 0. The first-order valence-corrected chi connectivity index (χ1v) is 9.11. The molecule has 7 heteroatoms. The van der Waals surface area contributed by atoms with E-state index in [0.29, 0.717) is 23.8 Å². The van der Waals surface area contributed by atoms with Crippen molar-refractivity contribution in [2.45, 2.75) is 18.2 Å². The lowest BCUT2D eigenvalue weighted by atomic mass is 10.3. The number of hydrogen-bond acceptors (Lipinski definition) is 6. The number of azo groups is 1. The Bertz CT molecular complexity index is 920. The third-order valence-corrected chi connectivity index (χ3v) is 4.23. The molecule has 3 aromatic rings. The zero-order valence-corrected chi connectivity index (χ0v) is 14.9. The molecule has 0 fully saturated rings. The molecule has 2 aromatic heterocycles. The van der Waals surface area contributed by atoms with Gasteiger partial charge in [0.1, 0.15) is 5.65 Å². The average Bonchev–Trinajstić information content (AvgIpc) is 2.97. The molecule has 0 unspecified atom stereocenters. The van der Waals surface area contributed by atoms with Crippen molar-refractivity contribution in [2.24, 2.45) is 10.2 Å². The summed E-state index contributed by atoms with van der Waals surface area (Å²) in [5.41, 5.74) is 2.02. The molecule has 0 aliphatic carbocycles. The summed E-state index contributed by atoms with van der Waals surface area (Å²) in [5, 5.41) is 8.68. The number of esters is 1. The Hall–Kier alpha value is -2.67. The van der Waals surface area contributed by atoms with Crippen LogP contribution < -0.4 is 0 Å². The van der Waals surface area contributed by atoms with Gasteiger partial charge in [-0.15, -0.1) is 22.0 Å². The number of rotatable bonds is 6. The summed E-state index contributed by atoms with van der Waals surface area (Å²) in [6.45, 7) is 2.12. The summed E-state index contributed by atoms with van der Waals surface area (Å²) >= 11 is 1.65. The largest absolute Gasteiger partial charge is 0.466 e. The van der Waals surface area contributed by atoms with Gasteiger partial charge in [-0.3, -0.25) is 9.20 Å². The van der Waals surface area contributed by atoms with Gasteiger partial charge in [-0.05, 0) is 43.5 Å². The quantitative estimate of drug-likeness (QED) is 0.369. The van der Waals surface area contributed by atoms with E-state index >= 15 is 0 Å². The molecular formula is C18H18N4O2S. The van der Waals surface area contributed by atoms with E-state index in [1.54, 1.807) is 18.7 Å². The molecule has 0 amide bonds. The maximum atomic E-state index is 11.9. The number of pyridine rings is 1. The van der Waals surface area contributed by atoms with Crippen molar-refractivity contribution in [1.82, 2.24) is 9.38 Å². The van der Waals surface area contributed by atoms with Gasteiger partial charge in [-0.25, -0.2) is 4.98 Å². The van der Waals surface area contributed by atoms with Crippen LogP contribution in [0.5, 0.6) is 0 Å². The van der Waals surface area contributed by atoms with Crippen molar-refractivity contribution in [3.05, 3.63) is 54.4 Å². The van der Waals surface area contributed by atoms with Gasteiger partial charge < -0.3 is 4.74 Å². The van der Waals surface area contributed by atoms with Crippen molar-refractivity contribution in [1.29, 1.82) is 0 Å². The lowest BCUT2D eigenvalue weighted by Gasteiger charge is -2.01. The van der Waals surface area contributed by atoms with Crippen LogP contribution >= 0.6 is 11.8 Å². The van der Waals surface area contributed by atoms with Crippen LogP contribution in [0.15, 0.2) is 63.8 Å². The highest BCUT2D eigenvalue weighted by Crippen LogP contribution is 2.26. The first kappa shape index (κ1) is 17.2. The number of aromatic nitrogens is 2. The van der Waals surface area contributed by atoms with Crippen molar-refractivity contribution in [2.75, 3.05) is 12.9 Å². The topological polar surface area (TPSA) is 68.3 Å². The summed E-state index contributed by atoms with van der Waals surface area (Å²) in [4.78, 5) is 17.5. The molecule has 6 nitrogen and oxygen atoms in total. The highest BCUT2D eigenvalue weighted by atomic mass is 32.2. The van der Waals surface area contributed by atoms with E-state index in [1.165, 1.54) is 0 Å². The molecule has 0 aliphatic heterocycles. The lowest BCUT2D eigenvalue weighted by molar-refractivity contribution is -0.142. The SMILES string of the molecule is CCOC(=O)Cc1nc2ccccn2c1N=Nc1cccc(SC)c1. The maximum absolute atomic E-state index is 11.9. The van der Waals surface area contributed by atoms with Gasteiger partial charge in [0.2, 0.25) is 0 Å². The number of carbonyl (C=O) groups is 1. The van der Waals surface area contributed by atoms with Gasteiger partial charge in [0, 0.05) is 11.1 Å². The van der Waals surface area contributed by atoms with Crippen LogP contribution in [0, 0.1) is 0 Å². The van der Waals surface area contributed by atoms with Crippen LogP contribution in [0.2, 0.25) is 0 Å². The van der Waals surface area contributed by atoms with Crippen molar-refractivity contribution < 1.29 is 9.53 Å².